The minimum Gasteiger partial charge on any atom is -0.478 e. The summed E-state index contributed by atoms with van der Waals surface area (Å²) in [5, 5.41) is 17.9. The molecule has 0 bridgehead atoms. The molecule has 0 aliphatic heterocycles. The lowest BCUT2D eigenvalue weighted by molar-refractivity contribution is 0.0696. The summed E-state index contributed by atoms with van der Waals surface area (Å²) in [7, 11) is 0. The number of aromatic amines is 1. The summed E-state index contributed by atoms with van der Waals surface area (Å²) < 4.78 is 5.54. The normalized spacial score (nSPS) is 10.9. The molecule has 1 aromatic carbocycles. The van der Waals surface area contributed by atoms with Gasteiger partial charge < -0.3 is 14.8 Å². The number of hydrogen-bond donors (Lipinski definition) is 3. The molecule has 9 heteroatoms. The van der Waals surface area contributed by atoms with Gasteiger partial charge in [0.15, 0.2) is 11.5 Å². The molecule has 146 valence electrons. The van der Waals surface area contributed by atoms with Crippen molar-refractivity contribution in [2.75, 3.05) is 5.75 Å². The van der Waals surface area contributed by atoms with Gasteiger partial charge in [0.25, 0.3) is 0 Å². The lowest BCUT2D eigenvalue weighted by Crippen LogP contribution is -2.08. The second kappa shape index (κ2) is 9.32. The fourth-order valence-corrected chi connectivity index (χ4v) is 3.57. The number of fused-ring (bicyclic) bond motifs is 1. The second-order valence-corrected chi connectivity index (χ2v) is 7.33. The predicted octanol–water partition coefficient (Wildman–Crippen LogP) is 4.07. The van der Waals surface area contributed by atoms with E-state index in [4.69, 9.17) is 15.3 Å². The van der Waals surface area contributed by atoms with E-state index < -0.39 is 5.97 Å². The van der Waals surface area contributed by atoms with Crippen LogP contribution in [0.5, 0.6) is 5.75 Å². The van der Waals surface area contributed by atoms with E-state index >= 15 is 0 Å². The number of carbonyl (C=O) groups is 1. The molecule has 0 aliphatic carbocycles. The van der Waals surface area contributed by atoms with Crippen molar-refractivity contribution < 1.29 is 14.6 Å². The molecule has 0 aliphatic rings. The van der Waals surface area contributed by atoms with Crippen LogP contribution in [-0.2, 0) is 0 Å². The molecule has 0 radical (unpaired) electrons. The molecule has 2 heterocycles. The van der Waals surface area contributed by atoms with Crippen LogP contribution in [0.1, 0.15) is 41.6 Å². The quantitative estimate of drug-likeness (QED) is 0.163. The van der Waals surface area contributed by atoms with Crippen molar-refractivity contribution in [1.29, 1.82) is 5.41 Å². The highest BCUT2D eigenvalue weighted by atomic mass is 32.2. The molecular weight excluding hydrogens is 378 g/mol. The summed E-state index contributed by atoms with van der Waals surface area (Å²) in [5.41, 5.74) is 2.50. The van der Waals surface area contributed by atoms with Gasteiger partial charge in [-0.25, -0.2) is 19.7 Å². The first-order chi connectivity index (χ1) is 13.5. The molecule has 3 aromatic rings. The Morgan fingerprint density at radius 1 is 1.25 bits per heavy atom. The van der Waals surface area contributed by atoms with Gasteiger partial charge in [-0.3, -0.25) is 5.41 Å². The molecule has 0 fully saturated rings. The van der Waals surface area contributed by atoms with Gasteiger partial charge in [0.1, 0.15) is 22.6 Å². The number of nitrogens with zero attached hydrogens (tertiary/aromatic N) is 3. The summed E-state index contributed by atoms with van der Waals surface area (Å²) in [6.07, 6.45) is 6.43. The van der Waals surface area contributed by atoms with E-state index in [1.807, 2.05) is 6.92 Å². The minimum absolute atomic E-state index is 0.147. The summed E-state index contributed by atoms with van der Waals surface area (Å²) in [4.78, 5) is 26.6. The molecule has 0 amide bonds. The van der Waals surface area contributed by atoms with Gasteiger partial charge in [-0.15, -0.1) is 11.8 Å². The Bertz CT molecular complexity index is 989. The van der Waals surface area contributed by atoms with Crippen molar-refractivity contribution in [1.82, 2.24) is 19.9 Å². The second-order valence-electron chi connectivity index (χ2n) is 6.25. The average Bonchev–Trinajstić information content (AvgIpc) is 3.15. The fourth-order valence-electron chi connectivity index (χ4n) is 2.61. The number of carboxylic acid groups (broad SMARTS) is 1. The number of thioether (sulfide) groups is 1. The number of ether oxygens (including phenoxy) is 1. The van der Waals surface area contributed by atoms with E-state index in [2.05, 4.69) is 19.9 Å². The largest absolute Gasteiger partial charge is 0.478 e. The molecular formula is C19H21N5O3S. The maximum absolute atomic E-state index is 11.1. The van der Waals surface area contributed by atoms with E-state index in [0.29, 0.717) is 17.8 Å². The van der Waals surface area contributed by atoms with Crippen molar-refractivity contribution in [2.24, 2.45) is 0 Å². The molecule has 0 saturated carbocycles. The number of carboxylic acids is 1. The van der Waals surface area contributed by atoms with Crippen molar-refractivity contribution in [3.05, 3.63) is 42.0 Å². The fraction of sp³-hybridized carbons (Fsp3) is 0.316. The Hall–Kier alpha value is -2.94. The lowest BCUT2D eigenvalue weighted by Gasteiger charge is -2.10. The zero-order valence-electron chi connectivity index (χ0n) is 15.4. The van der Waals surface area contributed by atoms with Gasteiger partial charge in [-0.2, -0.15) is 0 Å². The Labute approximate surface area is 166 Å². The smallest absolute Gasteiger partial charge is 0.335 e. The van der Waals surface area contributed by atoms with Gasteiger partial charge in [0, 0.05) is 6.42 Å². The number of H-pyrrole nitrogens is 1. The Balaban J connectivity index is 1.38. The van der Waals surface area contributed by atoms with E-state index in [1.54, 1.807) is 24.2 Å². The SMILES string of the molecule is Cc1ccc(C(=O)O)cc1OC(=N)CCCCCSc1ncnc2nc[nH]c12. The number of hydrogen-bond acceptors (Lipinski definition) is 7. The van der Waals surface area contributed by atoms with Gasteiger partial charge in [0.2, 0.25) is 0 Å². The van der Waals surface area contributed by atoms with Gasteiger partial charge in [-0.05, 0) is 43.2 Å². The Kier molecular flexibility index (Phi) is 6.59. The summed E-state index contributed by atoms with van der Waals surface area (Å²) in [6, 6.07) is 4.67. The maximum Gasteiger partial charge on any atom is 0.335 e. The predicted molar refractivity (Wildman–Crippen MR) is 107 cm³/mol. The van der Waals surface area contributed by atoms with Crippen LogP contribution < -0.4 is 4.74 Å². The van der Waals surface area contributed by atoms with Crippen molar-refractivity contribution in [3.8, 4) is 5.75 Å². The Morgan fingerprint density at radius 2 is 2.11 bits per heavy atom. The third-order valence-corrected chi connectivity index (χ3v) is 5.22. The first-order valence-electron chi connectivity index (χ1n) is 8.90. The average molecular weight is 399 g/mol. The van der Waals surface area contributed by atoms with Crippen LogP contribution in [0, 0.1) is 12.3 Å². The van der Waals surface area contributed by atoms with Gasteiger partial charge in [-0.1, -0.05) is 12.5 Å². The van der Waals surface area contributed by atoms with Crippen LogP contribution in [0.2, 0.25) is 0 Å². The molecule has 3 N–H and O–H groups in total. The third kappa shape index (κ3) is 5.07. The van der Waals surface area contributed by atoms with Crippen LogP contribution in [0.3, 0.4) is 0 Å². The molecule has 2 aromatic heterocycles. The first-order valence-corrected chi connectivity index (χ1v) is 9.89. The molecule has 8 nitrogen and oxygen atoms in total. The minimum atomic E-state index is -1.01. The zero-order chi connectivity index (χ0) is 19.9. The molecule has 0 unspecified atom stereocenters. The van der Waals surface area contributed by atoms with E-state index in [-0.39, 0.29) is 11.5 Å². The third-order valence-electron chi connectivity index (χ3n) is 4.14. The molecule has 3 rings (SSSR count). The standard InChI is InChI=1S/C19H21N5O3S/c1-12-6-7-13(19(25)26)9-14(12)27-15(20)5-3-2-4-8-28-18-16-17(22-10-21-16)23-11-24-18/h6-7,9-11,20H,2-5,8H2,1H3,(H,25,26)(H,21,22,23,24). The number of rotatable bonds is 9. The summed E-state index contributed by atoms with van der Waals surface area (Å²) in [6.45, 7) is 1.83. The number of aromatic carboxylic acids is 1. The van der Waals surface area contributed by atoms with Crippen LogP contribution >= 0.6 is 11.8 Å². The van der Waals surface area contributed by atoms with Crippen molar-refractivity contribution >= 4 is 34.8 Å². The number of aryl methyl sites for hydroxylation is 1. The topological polar surface area (TPSA) is 125 Å². The molecule has 28 heavy (non-hydrogen) atoms. The highest BCUT2D eigenvalue weighted by molar-refractivity contribution is 7.99. The zero-order valence-corrected chi connectivity index (χ0v) is 16.3. The Morgan fingerprint density at radius 3 is 2.93 bits per heavy atom. The summed E-state index contributed by atoms with van der Waals surface area (Å²) >= 11 is 1.66. The van der Waals surface area contributed by atoms with E-state index in [1.165, 1.54) is 18.5 Å². The van der Waals surface area contributed by atoms with Gasteiger partial charge >= 0.3 is 5.97 Å². The van der Waals surface area contributed by atoms with E-state index in [9.17, 15) is 4.79 Å². The number of unbranched alkanes of at least 4 members (excludes halogenated alkanes) is 2. The molecule has 0 spiro atoms. The van der Waals surface area contributed by atoms with Crippen LogP contribution in [-0.4, -0.2) is 42.7 Å². The number of benzene rings is 1. The van der Waals surface area contributed by atoms with E-state index in [0.717, 1.165) is 41.1 Å². The monoisotopic (exact) mass is 399 g/mol. The van der Waals surface area contributed by atoms with Crippen LogP contribution in [0.15, 0.2) is 35.9 Å². The van der Waals surface area contributed by atoms with Crippen molar-refractivity contribution in [3.63, 3.8) is 0 Å². The maximum atomic E-state index is 11.1. The number of imidazole rings is 1. The van der Waals surface area contributed by atoms with Crippen LogP contribution in [0.4, 0.5) is 0 Å². The molecule has 0 atom stereocenters. The number of aromatic nitrogens is 4. The lowest BCUT2D eigenvalue weighted by atomic mass is 10.1. The highest BCUT2D eigenvalue weighted by Gasteiger charge is 2.10. The van der Waals surface area contributed by atoms with Crippen LogP contribution in [0.25, 0.3) is 11.2 Å². The highest BCUT2D eigenvalue weighted by Crippen LogP contribution is 2.23. The first kappa shape index (κ1) is 19.8. The summed E-state index contributed by atoms with van der Waals surface area (Å²) in [5.74, 6) is 0.477. The molecule has 0 saturated heterocycles. The number of nitrogens with one attached hydrogen (secondary N) is 2. The van der Waals surface area contributed by atoms with Crippen molar-refractivity contribution in [2.45, 2.75) is 37.6 Å². The van der Waals surface area contributed by atoms with Gasteiger partial charge in [0.05, 0.1) is 11.9 Å².